The molecule has 1 N–H and O–H groups in total. The van der Waals surface area contributed by atoms with Gasteiger partial charge in [-0.3, -0.25) is 4.79 Å². The van der Waals surface area contributed by atoms with Crippen LogP contribution in [0.25, 0.3) is 10.6 Å². The summed E-state index contributed by atoms with van der Waals surface area (Å²) in [6.45, 7) is 4.11. The van der Waals surface area contributed by atoms with Gasteiger partial charge in [-0.2, -0.15) is 0 Å². The Bertz CT molecular complexity index is 939. The molecule has 0 aliphatic carbocycles. The van der Waals surface area contributed by atoms with E-state index in [-0.39, 0.29) is 5.91 Å². The minimum Gasteiger partial charge on any atom is -0.472 e. The number of furan rings is 1. The summed E-state index contributed by atoms with van der Waals surface area (Å²) in [5, 5.41) is 14.7. The van der Waals surface area contributed by atoms with Gasteiger partial charge in [0.2, 0.25) is 0 Å². The first kappa shape index (κ1) is 16.6. The minimum absolute atomic E-state index is 0.00640. The minimum atomic E-state index is 0.00640. The number of carbonyl (C=O) groups is 1. The molecule has 0 radical (unpaired) electrons. The molecule has 1 saturated heterocycles. The third-order valence-corrected chi connectivity index (χ3v) is 6.18. The van der Waals surface area contributed by atoms with Crippen molar-refractivity contribution in [2.45, 2.75) is 31.8 Å². The molecule has 3 aromatic rings. The van der Waals surface area contributed by atoms with Gasteiger partial charge in [0.1, 0.15) is 28.6 Å². The van der Waals surface area contributed by atoms with Crippen LogP contribution >= 0.6 is 11.3 Å². The molecular formula is C18H20N6O2S. The van der Waals surface area contributed by atoms with Crippen LogP contribution in [0.15, 0.2) is 28.4 Å². The molecule has 2 aliphatic rings. The van der Waals surface area contributed by atoms with Crippen LogP contribution in [0.3, 0.4) is 0 Å². The third-order valence-electron chi connectivity index (χ3n) is 5.29. The lowest BCUT2D eigenvalue weighted by Crippen LogP contribution is -2.39. The van der Waals surface area contributed by atoms with Gasteiger partial charge in [-0.15, -0.1) is 21.5 Å². The van der Waals surface area contributed by atoms with E-state index in [2.05, 4.69) is 25.1 Å². The summed E-state index contributed by atoms with van der Waals surface area (Å²) in [5.74, 6) is 2.47. The molecule has 0 saturated carbocycles. The van der Waals surface area contributed by atoms with Crippen LogP contribution in [0.4, 0.5) is 0 Å². The zero-order valence-electron chi connectivity index (χ0n) is 14.8. The second-order valence-corrected chi connectivity index (χ2v) is 7.78. The highest BCUT2D eigenvalue weighted by Crippen LogP contribution is 2.29. The Kier molecular flexibility index (Phi) is 4.25. The van der Waals surface area contributed by atoms with Gasteiger partial charge in [0.25, 0.3) is 5.91 Å². The predicted octanol–water partition coefficient (Wildman–Crippen LogP) is 2.12. The van der Waals surface area contributed by atoms with Crippen molar-refractivity contribution in [2.75, 3.05) is 19.6 Å². The zero-order chi connectivity index (χ0) is 18.2. The Morgan fingerprint density at radius 2 is 2.15 bits per heavy atom. The van der Waals surface area contributed by atoms with Gasteiger partial charge in [-0.05, 0) is 18.9 Å². The lowest BCUT2D eigenvalue weighted by atomic mass is 9.95. The summed E-state index contributed by atoms with van der Waals surface area (Å²) in [7, 11) is 0. The molecule has 27 heavy (non-hydrogen) atoms. The Labute approximate surface area is 160 Å². The first-order chi connectivity index (χ1) is 13.3. The van der Waals surface area contributed by atoms with Crippen LogP contribution < -0.4 is 5.32 Å². The first-order valence-corrected chi connectivity index (χ1v) is 10.1. The van der Waals surface area contributed by atoms with Crippen LogP contribution in [0.1, 0.15) is 40.9 Å². The normalized spacial score (nSPS) is 17.9. The molecule has 3 aromatic heterocycles. The Morgan fingerprint density at radius 3 is 2.96 bits per heavy atom. The van der Waals surface area contributed by atoms with E-state index in [0.717, 1.165) is 67.8 Å². The second-order valence-electron chi connectivity index (χ2n) is 6.92. The van der Waals surface area contributed by atoms with E-state index >= 15 is 0 Å². The van der Waals surface area contributed by atoms with E-state index in [0.29, 0.717) is 11.6 Å². The molecule has 0 aromatic carbocycles. The maximum atomic E-state index is 12.8. The quantitative estimate of drug-likeness (QED) is 0.744. The van der Waals surface area contributed by atoms with Gasteiger partial charge in [0, 0.05) is 43.0 Å². The number of hydrogen-bond donors (Lipinski definition) is 1. The highest BCUT2D eigenvalue weighted by Gasteiger charge is 2.30. The number of amides is 1. The van der Waals surface area contributed by atoms with E-state index in [4.69, 9.17) is 4.42 Å². The number of aromatic nitrogens is 4. The number of carbonyl (C=O) groups excluding carboxylic acids is 1. The van der Waals surface area contributed by atoms with Crippen molar-refractivity contribution in [3.05, 3.63) is 41.3 Å². The molecule has 1 fully saturated rings. The van der Waals surface area contributed by atoms with E-state index in [1.165, 1.54) is 11.3 Å². The maximum absolute atomic E-state index is 12.8. The summed E-state index contributed by atoms with van der Waals surface area (Å²) < 4.78 is 7.34. The average Bonchev–Trinajstić information content (AvgIpc) is 3.47. The molecule has 2 aliphatic heterocycles. The molecule has 1 amide bonds. The number of piperidine rings is 1. The van der Waals surface area contributed by atoms with Crippen LogP contribution in [0.5, 0.6) is 0 Å². The summed E-state index contributed by atoms with van der Waals surface area (Å²) in [6, 6.07) is 1.85. The van der Waals surface area contributed by atoms with Crippen molar-refractivity contribution in [1.82, 2.24) is 30.0 Å². The number of fused-ring (bicyclic) bond motifs is 1. The number of rotatable bonds is 3. The Morgan fingerprint density at radius 1 is 1.26 bits per heavy atom. The van der Waals surface area contributed by atoms with Gasteiger partial charge < -0.3 is 19.2 Å². The van der Waals surface area contributed by atoms with Gasteiger partial charge >= 0.3 is 0 Å². The van der Waals surface area contributed by atoms with Crippen molar-refractivity contribution >= 4 is 17.2 Å². The molecule has 140 valence electrons. The zero-order valence-corrected chi connectivity index (χ0v) is 15.6. The van der Waals surface area contributed by atoms with Gasteiger partial charge in [-0.1, -0.05) is 0 Å². The summed E-state index contributed by atoms with van der Waals surface area (Å²) in [5.41, 5.74) is 1.42. The second kappa shape index (κ2) is 6.90. The van der Waals surface area contributed by atoms with Crippen LogP contribution in [-0.2, 0) is 13.1 Å². The van der Waals surface area contributed by atoms with Crippen molar-refractivity contribution in [3.63, 3.8) is 0 Å². The smallest absolute Gasteiger partial charge is 0.273 e. The van der Waals surface area contributed by atoms with Crippen molar-refractivity contribution in [2.24, 2.45) is 0 Å². The van der Waals surface area contributed by atoms with E-state index in [1.54, 1.807) is 12.5 Å². The Balaban J connectivity index is 1.25. The van der Waals surface area contributed by atoms with Gasteiger partial charge in [0.05, 0.1) is 12.8 Å². The molecule has 5 heterocycles. The monoisotopic (exact) mass is 384 g/mol. The van der Waals surface area contributed by atoms with E-state index in [1.807, 2.05) is 16.3 Å². The molecule has 0 bridgehead atoms. The topological polar surface area (TPSA) is 89.1 Å². The van der Waals surface area contributed by atoms with Crippen molar-refractivity contribution < 1.29 is 9.21 Å². The molecule has 0 unspecified atom stereocenters. The predicted molar refractivity (Wildman–Crippen MR) is 99.4 cm³/mol. The van der Waals surface area contributed by atoms with Gasteiger partial charge in [0.15, 0.2) is 0 Å². The molecule has 9 heteroatoms. The van der Waals surface area contributed by atoms with Crippen LogP contribution in [0, 0.1) is 0 Å². The Hall–Kier alpha value is -2.52. The lowest BCUT2D eigenvalue weighted by Gasteiger charge is -2.31. The maximum Gasteiger partial charge on any atom is 0.273 e. The fraction of sp³-hybridized carbons (Fsp3) is 0.444. The number of nitrogens with one attached hydrogen (secondary N) is 1. The average molecular weight is 384 g/mol. The molecule has 0 spiro atoms. The van der Waals surface area contributed by atoms with Crippen LogP contribution in [-0.4, -0.2) is 50.2 Å². The molecule has 5 rings (SSSR count). The van der Waals surface area contributed by atoms with E-state index in [9.17, 15) is 4.79 Å². The fourth-order valence-electron chi connectivity index (χ4n) is 3.81. The fourth-order valence-corrected chi connectivity index (χ4v) is 4.59. The summed E-state index contributed by atoms with van der Waals surface area (Å²) in [6.07, 6.45) is 5.08. The number of thiazole rings is 1. The van der Waals surface area contributed by atoms with Crippen molar-refractivity contribution in [3.8, 4) is 10.6 Å². The lowest BCUT2D eigenvalue weighted by molar-refractivity contribution is 0.0705. The number of hydrogen-bond acceptors (Lipinski definition) is 7. The number of nitrogens with zero attached hydrogens (tertiary/aromatic N) is 5. The summed E-state index contributed by atoms with van der Waals surface area (Å²) >= 11 is 1.47. The largest absolute Gasteiger partial charge is 0.472 e. The standard InChI is InChI=1S/C18H20N6O2S/c25-18(14-11-27-17(20-14)13-3-8-26-10-13)23-5-1-12(2-6-23)16-22-21-15-9-19-4-7-24(15)16/h3,8,10-12,19H,1-2,4-7,9H2. The van der Waals surface area contributed by atoms with E-state index < -0.39 is 0 Å². The highest BCUT2D eigenvalue weighted by molar-refractivity contribution is 7.13. The first-order valence-electron chi connectivity index (χ1n) is 9.19. The number of likely N-dealkylation sites (tertiary alicyclic amines) is 1. The SMILES string of the molecule is O=C(c1csc(-c2ccoc2)n1)N1CCC(c2nnc3n2CCNC3)CC1. The van der Waals surface area contributed by atoms with Crippen molar-refractivity contribution in [1.29, 1.82) is 0 Å². The third kappa shape index (κ3) is 3.06. The molecular weight excluding hydrogens is 364 g/mol. The van der Waals surface area contributed by atoms with Gasteiger partial charge in [-0.25, -0.2) is 4.98 Å². The highest BCUT2D eigenvalue weighted by atomic mass is 32.1. The molecule has 8 nitrogen and oxygen atoms in total. The van der Waals surface area contributed by atoms with Crippen LogP contribution in [0.2, 0.25) is 0 Å². The summed E-state index contributed by atoms with van der Waals surface area (Å²) in [4.78, 5) is 19.2. The molecule has 0 atom stereocenters.